The lowest BCUT2D eigenvalue weighted by Crippen LogP contribution is -2.50. The number of amides is 1. The summed E-state index contributed by atoms with van der Waals surface area (Å²) in [6.07, 6.45) is 11.7. The van der Waals surface area contributed by atoms with Gasteiger partial charge < -0.3 is 9.64 Å². The fraction of sp³-hybridized carbons (Fsp3) is 0.786. The van der Waals surface area contributed by atoms with E-state index in [2.05, 4.69) is 33.4 Å². The minimum Gasteiger partial charge on any atom is -0.463 e. The number of carbonyl (C=O) groups is 2. The molecule has 0 spiro atoms. The largest absolute Gasteiger partial charge is 0.463 e. The molecule has 0 aromatic rings. The van der Waals surface area contributed by atoms with Crippen molar-refractivity contribution in [1.29, 1.82) is 0 Å². The maximum absolute atomic E-state index is 13.3. The fourth-order valence-electron chi connectivity index (χ4n) is 8.64. The van der Waals surface area contributed by atoms with Crippen LogP contribution in [0.25, 0.3) is 0 Å². The van der Waals surface area contributed by atoms with Crippen LogP contribution in [0.5, 0.6) is 0 Å². The molecule has 0 bridgehead atoms. The standard InChI is InChI=1S/C28H42FNO3/c1-17(16-30(6)26(32)18(2)29)23-9-10-24-22-8-7-20-15-21(33-19(3)31)11-13-27(20,4)25(22)12-14-28(23,24)5/h8,17,20-21,23-25H,2,7,9-16H2,1,3-6H3/t17-,20?,21+,23?,24?,25?,27+,28-/m1/s1. The molecule has 0 aromatic heterocycles. The predicted molar refractivity (Wildman–Crippen MR) is 128 cm³/mol. The van der Waals surface area contributed by atoms with E-state index in [4.69, 9.17) is 4.74 Å². The van der Waals surface area contributed by atoms with Gasteiger partial charge in [-0.1, -0.05) is 39.0 Å². The second-order valence-corrected chi connectivity index (χ2v) is 12.0. The summed E-state index contributed by atoms with van der Waals surface area (Å²) in [5.41, 5.74) is 2.25. The first kappa shape index (κ1) is 24.5. The normalized spacial score (nSPS) is 40.5. The van der Waals surface area contributed by atoms with E-state index in [0.29, 0.717) is 41.5 Å². The van der Waals surface area contributed by atoms with E-state index < -0.39 is 11.7 Å². The average molecular weight is 460 g/mol. The van der Waals surface area contributed by atoms with Crippen LogP contribution in [-0.2, 0) is 14.3 Å². The van der Waals surface area contributed by atoms with Gasteiger partial charge in [-0.05, 0) is 91.8 Å². The molecule has 33 heavy (non-hydrogen) atoms. The molecule has 184 valence electrons. The van der Waals surface area contributed by atoms with Crippen LogP contribution in [0, 0.1) is 40.4 Å². The third kappa shape index (κ3) is 4.18. The minimum atomic E-state index is -0.876. The van der Waals surface area contributed by atoms with Gasteiger partial charge >= 0.3 is 5.97 Å². The molecule has 0 radical (unpaired) electrons. The number of ether oxygens (including phenoxy) is 1. The molecule has 4 aliphatic carbocycles. The van der Waals surface area contributed by atoms with Crippen molar-refractivity contribution >= 4 is 11.9 Å². The molecule has 1 amide bonds. The van der Waals surface area contributed by atoms with Crippen molar-refractivity contribution in [3.05, 3.63) is 24.1 Å². The Hall–Kier alpha value is -1.65. The van der Waals surface area contributed by atoms with Crippen molar-refractivity contribution in [2.24, 2.45) is 40.4 Å². The second-order valence-electron chi connectivity index (χ2n) is 12.0. The van der Waals surface area contributed by atoms with E-state index in [1.54, 1.807) is 12.6 Å². The summed E-state index contributed by atoms with van der Waals surface area (Å²) >= 11 is 0. The number of hydrogen-bond donors (Lipinski definition) is 0. The number of rotatable bonds is 5. The smallest absolute Gasteiger partial charge is 0.302 e. The second kappa shape index (κ2) is 8.85. The van der Waals surface area contributed by atoms with E-state index in [0.717, 1.165) is 25.7 Å². The lowest BCUT2D eigenvalue weighted by molar-refractivity contribution is -0.152. The average Bonchev–Trinajstić information content (AvgIpc) is 3.10. The molecule has 4 aliphatic rings. The zero-order valence-electron chi connectivity index (χ0n) is 21.2. The quantitative estimate of drug-likeness (QED) is 0.285. The van der Waals surface area contributed by atoms with Crippen LogP contribution in [0.2, 0.25) is 0 Å². The highest BCUT2D eigenvalue weighted by molar-refractivity contribution is 5.90. The summed E-state index contributed by atoms with van der Waals surface area (Å²) in [5.74, 6) is 1.10. The van der Waals surface area contributed by atoms with Gasteiger partial charge in [0.2, 0.25) is 0 Å². The van der Waals surface area contributed by atoms with Gasteiger partial charge in [-0.2, -0.15) is 0 Å². The van der Waals surface area contributed by atoms with Gasteiger partial charge in [0.15, 0.2) is 5.83 Å². The molecule has 4 nitrogen and oxygen atoms in total. The van der Waals surface area contributed by atoms with Crippen molar-refractivity contribution < 1.29 is 18.7 Å². The Balaban J connectivity index is 1.49. The highest BCUT2D eigenvalue weighted by Crippen LogP contribution is 2.66. The molecule has 3 saturated carbocycles. The van der Waals surface area contributed by atoms with Crippen LogP contribution in [0.15, 0.2) is 24.1 Å². The summed E-state index contributed by atoms with van der Waals surface area (Å²) in [6, 6.07) is 0. The molecule has 0 N–H and O–H groups in total. The van der Waals surface area contributed by atoms with Gasteiger partial charge in [0, 0.05) is 20.5 Å². The Morgan fingerprint density at radius 1 is 1.18 bits per heavy atom. The SMILES string of the molecule is C=C(F)C(=O)N(C)C[C@@H](C)C1CCC2C3=CCC4C[C@@H](OC(C)=O)CC[C@]4(C)C3CC[C@@]21C. The third-order valence-corrected chi connectivity index (χ3v) is 10.3. The molecule has 5 heteroatoms. The van der Waals surface area contributed by atoms with E-state index in [1.807, 2.05) is 0 Å². The van der Waals surface area contributed by atoms with E-state index in [9.17, 15) is 14.0 Å². The molecular formula is C28H42FNO3. The first-order valence-electron chi connectivity index (χ1n) is 12.9. The Bertz CT molecular complexity index is 852. The molecule has 4 unspecified atom stereocenters. The summed E-state index contributed by atoms with van der Waals surface area (Å²) in [4.78, 5) is 25.0. The number of carbonyl (C=O) groups excluding carboxylic acids is 2. The van der Waals surface area contributed by atoms with Gasteiger partial charge in [0.05, 0.1) is 0 Å². The van der Waals surface area contributed by atoms with Crippen LogP contribution < -0.4 is 0 Å². The van der Waals surface area contributed by atoms with E-state index >= 15 is 0 Å². The van der Waals surface area contributed by atoms with Crippen molar-refractivity contribution in [1.82, 2.24) is 4.90 Å². The summed E-state index contributed by atoms with van der Waals surface area (Å²) < 4.78 is 18.9. The summed E-state index contributed by atoms with van der Waals surface area (Å²) in [7, 11) is 1.69. The summed E-state index contributed by atoms with van der Waals surface area (Å²) in [5, 5.41) is 0. The number of likely N-dealkylation sites (N-methyl/N-ethyl adjacent to an activating group) is 1. The highest BCUT2D eigenvalue weighted by atomic mass is 19.1. The first-order chi connectivity index (χ1) is 15.5. The molecule has 8 atom stereocenters. The van der Waals surface area contributed by atoms with Crippen molar-refractivity contribution in [3.8, 4) is 0 Å². The maximum Gasteiger partial charge on any atom is 0.302 e. The Morgan fingerprint density at radius 2 is 1.85 bits per heavy atom. The Kier molecular flexibility index (Phi) is 6.56. The highest BCUT2D eigenvalue weighted by Gasteiger charge is 2.58. The van der Waals surface area contributed by atoms with Gasteiger partial charge in [0.1, 0.15) is 6.10 Å². The Labute approximate surface area is 199 Å². The zero-order chi connectivity index (χ0) is 24.1. The van der Waals surface area contributed by atoms with Crippen molar-refractivity contribution in [2.45, 2.75) is 85.2 Å². The van der Waals surface area contributed by atoms with Crippen molar-refractivity contribution in [3.63, 3.8) is 0 Å². The number of fused-ring (bicyclic) bond motifs is 5. The molecule has 0 aliphatic heterocycles. The predicted octanol–water partition coefficient (Wildman–Crippen LogP) is 6.07. The molecule has 3 fully saturated rings. The molecule has 4 rings (SSSR count). The molecule has 0 aromatic carbocycles. The lowest BCUT2D eigenvalue weighted by Gasteiger charge is -2.58. The molecular weight excluding hydrogens is 417 g/mol. The maximum atomic E-state index is 13.3. The number of halogens is 1. The lowest BCUT2D eigenvalue weighted by atomic mass is 9.47. The third-order valence-electron chi connectivity index (χ3n) is 10.3. The van der Waals surface area contributed by atoms with Gasteiger partial charge in [-0.3, -0.25) is 9.59 Å². The molecule has 0 heterocycles. The first-order valence-corrected chi connectivity index (χ1v) is 12.9. The Morgan fingerprint density at radius 3 is 2.52 bits per heavy atom. The summed E-state index contributed by atoms with van der Waals surface area (Å²) in [6.45, 7) is 12.5. The topological polar surface area (TPSA) is 46.6 Å². The fourth-order valence-corrected chi connectivity index (χ4v) is 8.64. The molecule has 0 saturated heterocycles. The van der Waals surface area contributed by atoms with Crippen LogP contribution >= 0.6 is 0 Å². The van der Waals surface area contributed by atoms with Crippen LogP contribution in [0.4, 0.5) is 4.39 Å². The van der Waals surface area contributed by atoms with Crippen LogP contribution in [0.3, 0.4) is 0 Å². The van der Waals surface area contributed by atoms with Crippen LogP contribution in [0.1, 0.15) is 79.1 Å². The van der Waals surface area contributed by atoms with Crippen LogP contribution in [-0.4, -0.2) is 36.5 Å². The zero-order valence-corrected chi connectivity index (χ0v) is 21.2. The van der Waals surface area contributed by atoms with Gasteiger partial charge in [0.25, 0.3) is 5.91 Å². The van der Waals surface area contributed by atoms with E-state index in [1.165, 1.54) is 37.5 Å². The monoisotopic (exact) mass is 459 g/mol. The number of nitrogens with zero attached hydrogens (tertiary/aromatic N) is 1. The number of esters is 1. The minimum absolute atomic E-state index is 0.0844. The van der Waals surface area contributed by atoms with Gasteiger partial charge in [-0.15, -0.1) is 0 Å². The van der Waals surface area contributed by atoms with Gasteiger partial charge in [-0.25, -0.2) is 4.39 Å². The van der Waals surface area contributed by atoms with E-state index in [-0.39, 0.29) is 17.5 Å². The number of allylic oxidation sites excluding steroid dienone is 2. The van der Waals surface area contributed by atoms with Crippen molar-refractivity contribution in [2.75, 3.05) is 13.6 Å². The number of hydrogen-bond acceptors (Lipinski definition) is 3.